The van der Waals surface area contributed by atoms with Gasteiger partial charge in [0.2, 0.25) is 0 Å². The van der Waals surface area contributed by atoms with Gasteiger partial charge in [-0.2, -0.15) is 0 Å². The maximum absolute atomic E-state index is 10.3. The molecule has 136 valence electrons. The number of ether oxygens (including phenoxy) is 2. The predicted octanol–water partition coefficient (Wildman–Crippen LogP) is -5.55. The minimum atomic E-state index is -1.96. The van der Waals surface area contributed by atoms with Crippen molar-refractivity contribution in [1.82, 2.24) is 0 Å². The standard InChI is InChI=1S/C12H22O11/c13-1-4(15)7(17)8(18)5(16)3-22-12-11(21)10(20)9(19)6(2-14)23-12/h1,4-12,14-21H,2-3H2/t4-,5-,6-,7-,8-,9-,10+,11-,12-/m1/s1. The smallest absolute Gasteiger partial charge is 0.186 e. The molecular formula is C12H22O11. The van der Waals surface area contributed by atoms with Gasteiger partial charge in [-0.3, -0.25) is 0 Å². The van der Waals surface area contributed by atoms with Crippen LogP contribution in [0.4, 0.5) is 0 Å². The van der Waals surface area contributed by atoms with Crippen molar-refractivity contribution < 1.29 is 55.1 Å². The van der Waals surface area contributed by atoms with E-state index in [1.54, 1.807) is 0 Å². The van der Waals surface area contributed by atoms with E-state index in [9.17, 15) is 35.4 Å². The average Bonchev–Trinajstić information content (AvgIpc) is 2.56. The molecule has 1 saturated heterocycles. The number of hydrogen-bond donors (Lipinski definition) is 8. The van der Waals surface area contributed by atoms with Crippen LogP contribution in [0.15, 0.2) is 0 Å². The predicted molar refractivity (Wildman–Crippen MR) is 69.8 cm³/mol. The minimum absolute atomic E-state index is 0.0287. The number of hydrogen-bond acceptors (Lipinski definition) is 11. The van der Waals surface area contributed by atoms with Crippen LogP contribution in [0.2, 0.25) is 0 Å². The number of aliphatic hydroxyl groups excluding tert-OH is 8. The molecule has 11 heteroatoms. The van der Waals surface area contributed by atoms with Crippen LogP contribution >= 0.6 is 0 Å². The lowest BCUT2D eigenvalue weighted by atomic mass is 9.99. The molecule has 1 aliphatic rings. The number of carbonyl (C=O) groups excluding carboxylic acids is 1. The van der Waals surface area contributed by atoms with Gasteiger partial charge in [-0.1, -0.05) is 0 Å². The van der Waals surface area contributed by atoms with Crippen LogP contribution in [0.5, 0.6) is 0 Å². The largest absolute Gasteiger partial charge is 0.394 e. The lowest BCUT2D eigenvalue weighted by Gasteiger charge is -2.40. The van der Waals surface area contributed by atoms with E-state index in [0.29, 0.717) is 0 Å². The lowest BCUT2D eigenvalue weighted by Crippen LogP contribution is -2.59. The van der Waals surface area contributed by atoms with E-state index in [2.05, 4.69) is 0 Å². The Morgan fingerprint density at radius 2 is 1.61 bits per heavy atom. The molecule has 1 rings (SSSR count). The Balaban J connectivity index is 2.57. The summed E-state index contributed by atoms with van der Waals surface area (Å²) in [5.74, 6) is 0. The van der Waals surface area contributed by atoms with Crippen molar-refractivity contribution in [2.45, 2.75) is 55.1 Å². The van der Waals surface area contributed by atoms with Gasteiger partial charge in [-0.05, 0) is 0 Å². The molecule has 23 heavy (non-hydrogen) atoms. The summed E-state index contributed by atoms with van der Waals surface area (Å²) in [6, 6.07) is 0. The summed E-state index contributed by atoms with van der Waals surface area (Å²) in [7, 11) is 0. The summed E-state index contributed by atoms with van der Waals surface area (Å²) < 4.78 is 9.94. The van der Waals surface area contributed by atoms with Crippen molar-refractivity contribution in [3.8, 4) is 0 Å². The van der Waals surface area contributed by atoms with Gasteiger partial charge >= 0.3 is 0 Å². The molecule has 11 nitrogen and oxygen atoms in total. The van der Waals surface area contributed by atoms with Crippen LogP contribution in [-0.2, 0) is 14.3 Å². The van der Waals surface area contributed by atoms with Gasteiger partial charge in [0, 0.05) is 0 Å². The highest BCUT2D eigenvalue weighted by Gasteiger charge is 2.44. The van der Waals surface area contributed by atoms with Gasteiger partial charge in [0.15, 0.2) is 12.6 Å². The number of aldehydes is 1. The molecule has 0 radical (unpaired) electrons. The fourth-order valence-corrected chi connectivity index (χ4v) is 2.01. The van der Waals surface area contributed by atoms with E-state index in [1.807, 2.05) is 0 Å². The molecule has 1 fully saturated rings. The highest BCUT2D eigenvalue weighted by molar-refractivity contribution is 5.56. The molecule has 8 N–H and O–H groups in total. The summed E-state index contributed by atoms with van der Waals surface area (Å²) in [5.41, 5.74) is 0. The van der Waals surface area contributed by atoms with Crippen molar-refractivity contribution in [2.24, 2.45) is 0 Å². The molecule has 0 bridgehead atoms. The highest BCUT2D eigenvalue weighted by atomic mass is 16.7. The summed E-state index contributed by atoms with van der Waals surface area (Å²) in [4.78, 5) is 10.3. The Kier molecular flexibility index (Phi) is 7.89. The minimum Gasteiger partial charge on any atom is -0.394 e. The molecule has 0 saturated carbocycles. The quantitative estimate of drug-likeness (QED) is 0.196. The highest BCUT2D eigenvalue weighted by Crippen LogP contribution is 2.22. The molecule has 1 heterocycles. The fourth-order valence-electron chi connectivity index (χ4n) is 2.01. The maximum atomic E-state index is 10.3. The van der Waals surface area contributed by atoms with Crippen LogP contribution in [0.25, 0.3) is 0 Å². The lowest BCUT2D eigenvalue weighted by molar-refractivity contribution is -0.306. The first kappa shape index (κ1) is 20.3. The fraction of sp³-hybridized carbons (Fsp3) is 0.917. The number of aliphatic hydroxyl groups is 8. The Morgan fingerprint density at radius 3 is 2.13 bits per heavy atom. The van der Waals surface area contributed by atoms with Crippen LogP contribution in [-0.4, -0.2) is 115 Å². The first-order valence-electron chi connectivity index (χ1n) is 6.84. The van der Waals surface area contributed by atoms with Gasteiger partial charge < -0.3 is 55.1 Å². The van der Waals surface area contributed by atoms with Gasteiger partial charge in [-0.25, -0.2) is 0 Å². The van der Waals surface area contributed by atoms with E-state index in [4.69, 9.17) is 19.7 Å². The summed E-state index contributed by atoms with van der Waals surface area (Å²) in [6.07, 6.45) is -15.3. The van der Waals surface area contributed by atoms with Crippen molar-refractivity contribution in [3.63, 3.8) is 0 Å². The monoisotopic (exact) mass is 342 g/mol. The summed E-state index contributed by atoms with van der Waals surface area (Å²) >= 11 is 0. The molecule has 9 atom stereocenters. The molecule has 0 aromatic rings. The third-order valence-electron chi connectivity index (χ3n) is 3.51. The number of rotatable bonds is 8. The topological polar surface area (TPSA) is 197 Å². The Bertz CT molecular complexity index is 365. The molecule has 0 aliphatic carbocycles. The van der Waals surface area contributed by atoms with Gasteiger partial charge in [0.25, 0.3) is 0 Å². The second kappa shape index (κ2) is 8.94. The van der Waals surface area contributed by atoms with Gasteiger partial charge in [0.1, 0.15) is 48.8 Å². The first-order chi connectivity index (χ1) is 10.7. The summed E-state index contributed by atoms with van der Waals surface area (Å²) in [6.45, 7) is -1.37. The molecule has 0 spiro atoms. The van der Waals surface area contributed by atoms with Crippen molar-refractivity contribution >= 4 is 6.29 Å². The van der Waals surface area contributed by atoms with E-state index < -0.39 is 68.3 Å². The van der Waals surface area contributed by atoms with E-state index in [-0.39, 0.29) is 6.29 Å². The maximum Gasteiger partial charge on any atom is 0.186 e. The Hall–Kier alpha value is -0.730. The van der Waals surface area contributed by atoms with E-state index in [1.165, 1.54) is 0 Å². The summed E-state index contributed by atoms with van der Waals surface area (Å²) in [5, 5.41) is 75.4. The zero-order chi connectivity index (χ0) is 17.7. The first-order valence-corrected chi connectivity index (χ1v) is 6.84. The van der Waals surface area contributed by atoms with Crippen LogP contribution in [0.3, 0.4) is 0 Å². The molecule has 0 unspecified atom stereocenters. The number of carbonyl (C=O) groups is 1. The third-order valence-corrected chi connectivity index (χ3v) is 3.51. The van der Waals surface area contributed by atoms with Crippen molar-refractivity contribution in [3.05, 3.63) is 0 Å². The van der Waals surface area contributed by atoms with Crippen LogP contribution < -0.4 is 0 Å². The van der Waals surface area contributed by atoms with Gasteiger partial charge in [-0.15, -0.1) is 0 Å². The molecule has 0 aromatic carbocycles. The van der Waals surface area contributed by atoms with Crippen LogP contribution in [0.1, 0.15) is 0 Å². The second-order valence-electron chi connectivity index (χ2n) is 5.21. The van der Waals surface area contributed by atoms with Crippen molar-refractivity contribution in [1.29, 1.82) is 0 Å². The second-order valence-corrected chi connectivity index (χ2v) is 5.21. The van der Waals surface area contributed by atoms with Gasteiger partial charge in [0.05, 0.1) is 13.2 Å². The normalized spacial score (nSPS) is 37.0. The average molecular weight is 342 g/mol. The van der Waals surface area contributed by atoms with E-state index in [0.717, 1.165) is 0 Å². The molecular weight excluding hydrogens is 320 g/mol. The van der Waals surface area contributed by atoms with Crippen LogP contribution in [0, 0.1) is 0 Å². The zero-order valence-corrected chi connectivity index (χ0v) is 12.0. The van der Waals surface area contributed by atoms with Crippen molar-refractivity contribution in [2.75, 3.05) is 13.2 Å². The third kappa shape index (κ3) is 4.87. The Morgan fingerprint density at radius 1 is 1.00 bits per heavy atom. The SMILES string of the molecule is O=C[C@@H](O)[C@@H](O)[C@H](O)[C@H](O)CO[C@@H]1O[C@H](CO)[C@@H](O)[C@H](O)[C@H]1O. The Labute approximate surface area is 130 Å². The molecule has 1 aliphatic heterocycles. The molecule has 0 amide bonds. The van der Waals surface area contributed by atoms with E-state index >= 15 is 0 Å². The zero-order valence-electron chi connectivity index (χ0n) is 12.0. The molecule has 0 aromatic heterocycles.